The smallest absolute Gasteiger partial charge is 0.244 e. The van der Waals surface area contributed by atoms with E-state index < -0.39 is 34.3 Å². The van der Waals surface area contributed by atoms with Gasteiger partial charge in [-0.25, -0.2) is 12.8 Å². The number of nitrogens with one attached hydrogen (secondary N) is 1. The van der Waals surface area contributed by atoms with Crippen LogP contribution in [-0.2, 0) is 26.2 Å². The van der Waals surface area contributed by atoms with Crippen LogP contribution >= 0.6 is 11.6 Å². The van der Waals surface area contributed by atoms with Gasteiger partial charge in [-0.1, -0.05) is 44.0 Å². The molecular formula is C25H33ClFN3O5S. The molecule has 1 atom stereocenters. The number of halogens is 2. The molecule has 0 saturated heterocycles. The van der Waals surface area contributed by atoms with Gasteiger partial charge in [0.2, 0.25) is 21.8 Å². The summed E-state index contributed by atoms with van der Waals surface area (Å²) < 4.78 is 45.0. The van der Waals surface area contributed by atoms with Crippen molar-refractivity contribution < 1.29 is 27.1 Å². The lowest BCUT2D eigenvalue weighted by Crippen LogP contribution is -2.52. The highest BCUT2D eigenvalue weighted by Gasteiger charge is 2.31. The lowest BCUT2D eigenvalue weighted by Gasteiger charge is -2.33. The maximum Gasteiger partial charge on any atom is 0.244 e. The molecule has 0 aliphatic rings. The molecule has 11 heteroatoms. The molecule has 8 nitrogen and oxygen atoms in total. The molecule has 0 heterocycles. The van der Waals surface area contributed by atoms with Crippen molar-refractivity contribution in [1.82, 2.24) is 10.2 Å². The van der Waals surface area contributed by atoms with E-state index in [9.17, 15) is 22.4 Å². The Labute approximate surface area is 217 Å². The van der Waals surface area contributed by atoms with Crippen LogP contribution in [0.3, 0.4) is 0 Å². The first-order valence-corrected chi connectivity index (χ1v) is 13.9. The number of rotatable bonds is 13. The molecule has 2 rings (SSSR count). The Morgan fingerprint density at radius 2 is 1.89 bits per heavy atom. The quantitative estimate of drug-likeness (QED) is 0.387. The lowest BCUT2D eigenvalue weighted by molar-refractivity contribution is -0.140. The molecule has 36 heavy (non-hydrogen) atoms. The number of hydrogen-bond donors (Lipinski definition) is 1. The highest BCUT2D eigenvalue weighted by Crippen LogP contribution is 2.25. The fourth-order valence-corrected chi connectivity index (χ4v) is 4.66. The molecule has 198 valence electrons. The third-order valence-corrected chi connectivity index (χ3v) is 7.00. The number of amides is 2. The predicted molar refractivity (Wildman–Crippen MR) is 139 cm³/mol. The van der Waals surface area contributed by atoms with Crippen LogP contribution in [0.15, 0.2) is 42.5 Å². The summed E-state index contributed by atoms with van der Waals surface area (Å²) in [7, 11) is -2.42. The van der Waals surface area contributed by atoms with Gasteiger partial charge in [0.1, 0.15) is 24.2 Å². The number of anilines is 1. The molecule has 0 fully saturated rings. The fraction of sp³-hybridized carbons (Fsp3) is 0.440. The van der Waals surface area contributed by atoms with E-state index in [2.05, 4.69) is 5.32 Å². The van der Waals surface area contributed by atoms with Crippen molar-refractivity contribution in [3.63, 3.8) is 0 Å². The zero-order valence-corrected chi connectivity index (χ0v) is 22.5. The maximum atomic E-state index is 13.7. The molecule has 0 radical (unpaired) electrons. The highest BCUT2D eigenvalue weighted by atomic mass is 35.5. The summed E-state index contributed by atoms with van der Waals surface area (Å²) in [4.78, 5) is 28.0. The highest BCUT2D eigenvalue weighted by molar-refractivity contribution is 7.92. The van der Waals surface area contributed by atoms with Gasteiger partial charge in [0.05, 0.1) is 24.1 Å². The number of ether oxygens (including phenoxy) is 1. The van der Waals surface area contributed by atoms with Crippen LogP contribution in [0.2, 0.25) is 5.02 Å². The van der Waals surface area contributed by atoms with Gasteiger partial charge >= 0.3 is 0 Å². The molecule has 0 aliphatic carbocycles. The van der Waals surface area contributed by atoms with E-state index in [1.165, 1.54) is 18.1 Å². The summed E-state index contributed by atoms with van der Waals surface area (Å²) in [5, 5.41) is 2.58. The van der Waals surface area contributed by atoms with E-state index in [1.807, 2.05) is 6.92 Å². The minimum atomic E-state index is -3.95. The van der Waals surface area contributed by atoms with Gasteiger partial charge in [-0.15, -0.1) is 0 Å². The first-order chi connectivity index (χ1) is 17.0. The number of carbonyl (C=O) groups is 2. The molecule has 0 bridgehead atoms. The van der Waals surface area contributed by atoms with Crippen LogP contribution in [0.5, 0.6) is 5.75 Å². The zero-order valence-electron chi connectivity index (χ0n) is 21.0. The second-order valence-electron chi connectivity index (χ2n) is 8.31. The topological polar surface area (TPSA) is 96.0 Å². The van der Waals surface area contributed by atoms with Crippen LogP contribution in [0.1, 0.15) is 38.7 Å². The van der Waals surface area contributed by atoms with E-state index in [-0.39, 0.29) is 23.2 Å². The summed E-state index contributed by atoms with van der Waals surface area (Å²) in [5.41, 5.74) is 0.747. The Balaban J connectivity index is 2.44. The summed E-state index contributed by atoms with van der Waals surface area (Å²) in [6, 6.07) is 9.64. The molecule has 2 aromatic carbocycles. The van der Waals surface area contributed by atoms with Crippen LogP contribution in [0.4, 0.5) is 10.1 Å². The van der Waals surface area contributed by atoms with Crippen molar-refractivity contribution >= 4 is 39.1 Å². The third-order valence-electron chi connectivity index (χ3n) is 5.57. The van der Waals surface area contributed by atoms with Gasteiger partial charge in [-0.3, -0.25) is 13.9 Å². The lowest BCUT2D eigenvalue weighted by atomic mass is 10.1. The molecule has 2 amide bonds. The summed E-state index contributed by atoms with van der Waals surface area (Å²) in [6.07, 6.45) is 2.94. The van der Waals surface area contributed by atoms with Gasteiger partial charge in [0.15, 0.2) is 0 Å². The Kier molecular flexibility index (Phi) is 11.0. The van der Waals surface area contributed by atoms with E-state index in [0.717, 1.165) is 35.5 Å². The molecule has 0 saturated carbocycles. The molecule has 0 unspecified atom stereocenters. The van der Waals surface area contributed by atoms with Crippen molar-refractivity contribution in [1.29, 1.82) is 0 Å². The van der Waals surface area contributed by atoms with Gasteiger partial charge in [0, 0.05) is 13.1 Å². The van der Waals surface area contributed by atoms with Crippen molar-refractivity contribution in [2.45, 2.75) is 45.7 Å². The average molecular weight is 542 g/mol. The van der Waals surface area contributed by atoms with Gasteiger partial charge < -0.3 is 15.0 Å². The van der Waals surface area contributed by atoms with E-state index >= 15 is 0 Å². The van der Waals surface area contributed by atoms with Gasteiger partial charge in [0.25, 0.3) is 0 Å². The number of methoxy groups -OCH3 is 1. The first kappa shape index (κ1) is 29.4. The van der Waals surface area contributed by atoms with Gasteiger partial charge in [-0.2, -0.15) is 0 Å². The molecule has 2 aromatic rings. The Morgan fingerprint density at radius 3 is 2.47 bits per heavy atom. The number of nitrogens with zero attached hydrogens (tertiary/aromatic N) is 2. The monoisotopic (exact) mass is 541 g/mol. The van der Waals surface area contributed by atoms with E-state index in [4.69, 9.17) is 16.3 Å². The van der Waals surface area contributed by atoms with Crippen LogP contribution in [0, 0.1) is 5.82 Å². The Bertz CT molecular complexity index is 1160. The molecule has 1 N–H and O–H groups in total. The molecular weight excluding hydrogens is 509 g/mol. The van der Waals surface area contributed by atoms with Crippen molar-refractivity contribution in [2.75, 3.05) is 30.8 Å². The third kappa shape index (κ3) is 8.09. The molecule has 0 spiro atoms. The molecule has 0 aliphatic heterocycles. The van der Waals surface area contributed by atoms with Crippen molar-refractivity contribution in [3.05, 3.63) is 58.9 Å². The zero-order chi connectivity index (χ0) is 26.9. The normalized spacial score (nSPS) is 12.1. The minimum absolute atomic E-state index is 0.0408. The Hall–Kier alpha value is -2.85. The Morgan fingerprint density at radius 1 is 1.17 bits per heavy atom. The summed E-state index contributed by atoms with van der Waals surface area (Å²) >= 11 is 5.86. The van der Waals surface area contributed by atoms with E-state index in [1.54, 1.807) is 31.2 Å². The average Bonchev–Trinajstić information content (AvgIpc) is 2.83. The summed E-state index contributed by atoms with van der Waals surface area (Å²) in [5.74, 6) is -1.05. The van der Waals surface area contributed by atoms with Crippen molar-refractivity contribution in [3.8, 4) is 5.75 Å². The largest absolute Gasteiger partial charge is 0.497 e. The number of carbonyl (C=O) groups excluding carboxylic acids is 2. The van der Waals surface area contributed by atoms with Gasteiger partial charge in [-0.05, 0) is 48.7 Å². The number of sulfonamides is 1. The SMILES string of the molecule is CCCCNC(=O)[C@@H](CC)N(Cc1cccc(OC)c1)C(=O)CN(c1ccc(F)c(Cl)c1)S(C)(=O)=O. The molecule has 0 aromatic heterocycles. The maximum absolute atomic E-state index is 13.7. The van der Waals surface area contributed by atoms with Crippen molar-refractivity contribution in [2.24, 2.45) is 0 Å². The van der Waals surface area contributed by atoms with Crippen LogP contribution in [0.25, 0.3) is 0 Å². The second-order valence-corrected chi connectivity index (χ2v) is 10.6. The summed E-state index contributed by atoms with van der Waals surface area (Å²) in [6.45, 7) is 3.71. The fourth-order valence-electron chi connectivity index (χ4n) is 3.65. The van der Waals surface area contributed by atoms with Crippen LogP contribution in [-0.4, -0.2) is 57.6 Å². The number of benzene rings is 2. The number of hydrogen-bond acceptors (Lipinski definition) is 5. The second kappa shape index (κ2) is 13.5. The predicted octanol–water partition coefficient (Wildman–Crippen LogP) is 3.98. The minimum Gasteiger partial charge on any atom is -0.497 e. The van der Waals surface area contributed by atoms with Crippen LogP contribution < -0.4 is 14.4 Å². The standard InChI is InChI=1S/C25H33ClFN3O5S/c1-5-7-13-28-25(32)23(6-2)29(16-18-9-8-10-20(14-18)35-3)24(31)17-30(36(4,33)34)19-11-12-22(27)21(26)15-19/h8-12,14-15,23H,5-7,13,16-17H2,1-4H3,(H,28,32)/t23-/m1/s1. The number of unbranched alkanes of at least 4 members (excludes halogenated alkanes) is 1. The first-order valence-electron chi connectivity index (χ1n) is 11.6. The van der Waals surface area contributed by atoms with E-state index in [0.29, 0.717) is 24.3 Å².